The van der Waals surface area contributed by atoms with Crippen LogP contribution in [-0.4, -0.2) is 42.4 Å². The average molecular weight is 377 g/mol. The van der Waals surface area contributed by atoms with E-state index < -0.39 is 0 Å². The summed E-state index contributed by atoms with van der Waals surface area (Å²) in [6, 6.07) is 16.3. The summed E-state index contributed by atoms with van der Waals surface area (Å²) in [6.07, 6.45) is 2.59. The first-order chi connectivity index (χ1) is 13.6. The molecule has 1 unspecified atom stereocenters. The first kappa shape index (κ1) is 18.5. The zero-order valence-corrected chi connectivity index (χ0v) is 16.4. The van der Waals surface area contributed by atoms with Crippen LogP contribution in [0, 0.1) is 0 Å². The Morgan fingerprint density at radius 1 is 1.04 bits per heavy atom. The van der Waals surface area contributed by atoms with Gasteiger partial charge in [-0.25, -0.2) is 0 Å². The van der Waals surface area contributed by atoms with Crippen molar-refractivity contribution >= 4 is 17.5 Å². The van der Waals surface area contributed by atoms with Gasteiger partial charge in [-0.05, 0) is 55.2 Å². The molecule has 5 heteroatoms. The van der Waals surface area contributed by atoms with E-state index in [2.05, 4.69) is 34.5 Å². The van der Waals surface area contributed by atoms with Gasteiger partial charge in [-0.2, -0.15) is 0 Å². The Bertz CT molecular complexity index is 862. The monoisotopic (exact) mass is 377 g/mol. The molecule has 1 fully saturated rings. The third-order valence-electron chi connectivity index (χ3n) is 5.67. The Morgan fingerprint density at radius 2 is 1.79 bits per heavy atom. The minimum Gasteiger partial charge on any atom is -0.367 e. The Balaban J connectivity index is 1.35. The van der Waals surface area contributed by atoms with Crippen LogP contribution in [0.5, 0.6) is 0 Å². The largest absolute Gasteiger partial charge is 0.367 e. The van der Waals surface area contributed by atoms with Gasteiger partial charge in [0.15, 0.2) is 0 Å². The number of likely N-dealkylation sites (tertiary alicyclic amines) is 1. The van der Waals surface area contributed by atoms with E-state index in [0.717, 1.165) is 38.2 Å². The van der Waals surface area contributed by atoms with Gasteiger partial charge in [-0.3, -0.25) is 9.59 Å². The molecule has 0 saturated carbocycles. The molecule has 1 atom stereocenters. The standard InChI is InChI=1S/C23H27N3O2/c1-17(15-26-13-4-7-22(26)27)24-23(28)19-8-10-21(11-9-19)25-14-12-18-5-2-3-6-20(18)16-25/h2-3,5-6,8-11,17H,4,7,12-16H2,1H3,(H,24,28). The Labute approximate surface area is 166 Å². The SMILES string of the molecule is CC(CN1CCCC1=O)NC(=O)c1ccc(N2CCc3ccccc3C2)cc1. The van der Waals surface area contributed by atoms with E-state index in [-0.39, 0.29) is 17.9 Å². The summed E-state index contributed by atoms with van der Waals surface area (Å²) < 4.78 is 0. The second kappa shape index (κ2) is 8.05. The summed E-state index contributed by atoms with van der Waals surface area (Å²) in [6.45, 7) is 5.22. The number of nitrogens with zero attached hydrogens (tertiary/aromatic N) is 2. The zero-order valence-electron chi connectivity index (χ0n) is 16.4. The van der Waals surface area contributed by atoms with Gasteiger partial charge in [0.05, 0.1) is 0 Å². The molecule has 2 aromatic rings. The van der Waals surface area contributed by atoms with E-state index in [9.17, 15) is 9.59 Å². The third kappa shape index (κ3) is 4.03. The highest BCUT2D eigenvalue weighted by molar-refractivity contribution is 5.94. The van der Waals surface area contributed by atoms with E-state index in [1.54, 1.807) is 0 Å². The Hall–Kier alpha value is -2.82. The van der Waals surface area contributed by atoms with Gasteiger partial charge in [0.2, 0.25) is 5.91 Å². The van der Waals surface area contributed by atoms with Crippen LogP contribution in [0.1, 0.15) is 41.3 Å². The molecule has 1 N–H and O–H groups in total. The molecule has 0 spiro atoms. The zero-order chi connectivity index (χ0) is 19.5. The minimum atomic E-state index is -0.0883. The summed E-state index contributed by atoms with van der Waals surface area (Å²) in [4.78, 5) is 28.5. The maximum Gasteiger partial charge on any atom is 0.251 e. The highest BCUT2D eigenvalue weighted by Crippen LogP contribution is 2.24. The molecule has 0 aliphatic carbocycles. The van der Waals surface area contributed by atoms with E-state index in [1.807, 2.05) is 36.1 Å². The van der Waals surface area contributed by atoms with Crippen molar-refractivity contribution in [1.82, 2.24) is 10.2 Å². The lowest BCUT2D eigenvalue weighted by Crippen LogP contribution is -2.42. The normalized spacial score (nSPS) is 17.4. The smallest absolute Gasteiger partial charge is 0.251 e. The molecule has 2 aromatic carbocycles. The highest BCUT2D eigenvalue weighted by Gasteiger charge is 2.22. The molecule has 146 valence electrons. The average Bonchev–Trinajstić information content (AvgIpc) is 3.12. The number of hydrogen-bond acceptors (Lipinski definition) is 3. The Morgan fingerprint density at radius 3 is 2.50 bits per heavy atom. The number of nitrogens with one attached hydrogen (secondary N) is 1. The number of fused-ring (bicyclic) bond motifs is 1. The summed E-state index contributed by atoms with van der Waals surface area (Å²) in [5, 5.41) is 3.01. The highest BCUT2D eigenvalue weighted by atomic mass is 16.2. The van der Waals surface area contributed by atoms with Crippen molar-refractivity contribution in [2.24, 2.45) is 0 Å². The fourth-order valence-corrected chi connectivity index (χ4v) is 4.12. The van der Waals surface area contributed by atoms with Crippen molar-refractivity contribution in [3.05, 3.63) is 65.2 Å². The van der Waals surface area contributed by atoms with Crippen LogP contribution in [0.3, 0.4) is 0 Å². The number of hydrogen-bond donors (Lipinski definition) is 1. The summed E-state index contributed by atoms with van der Waals surface area (Å²) in [7, 11) is 0. The quantitative estimate of drug-likeness (QED) is 0.872. The predicted octanol–water partition coefficient (Wildman–Crippen LogP) is 2.99. The molecule has 4 rings (SSSR count). The minimum absolute atomic E-state index is 0.0622. The van der Waals surface area contributed by atoms with E-state index in [4.69, 9.17) is 0 Å². The van der Waals surface area contributed by atoms with Crippen molar-refractivity contribution in [2.45, 2.75) is 38.8 Å². The van der Waals surface area contributed by atoms with Crippen molar-refractivity contribution in [3.8, 4) is 0 Å². The van der Waals surface area contributed by atoms with Gasteiger partial charge in [0.25, 0.3) is 5.91 Å². The van der Waals surface area contributed by atoms with Gasteiger partial charge in [-0.1, -0.05) is 24.3 Å². The predicted molar refractivity (Wildman–Crippen MR) is 110 cm³/mol. The summed E-state index contributed by atoms with van der Waals surface area (Å²) >= 11 is 0. The van der Waals surface area contributed by atoms with Crippen molar-refractivity contribution in [1.29, 1.82) is 0 Å². The molecular formula is C23H27N3O2. The maximum atomic E-state index is 12.5. The Kier molecular flexibility index (Phi) is 5.33. The second-order valence-electron chi connectivity index (χ2n) is 7.80. The molecule has 2 aliphatic heterocycles. The summed E-state index contributed by atoms with van der Waals surface area (Å²) in [5.74, 6) is 0.100. The lowest BCUT2D eigenvalue weighted by Gasteiger charge is -2.30. The lowest BCUT2D eigenvalue weighted by atomic mass is 9.99. The number of anilines is 1. The van der Waals surface area contributed by atoms with E-state index >= 15 is 0 Å². The van der Waals surface area contributed by atoms with Crippen LogP contribution in [0.4, 0.5) is 5.69 Å². The second-order valence-corrected chi connectivity index (χ2v) is 7.80. The van der Waals surface area contributed by atoms with Gasteiger partial charge in [0.1, 0.15) is 0 Å². The fraction of sp³-hybridized carbons (Fsp3) is 0.391. The van der Waals surface area contributed by atoms with Crippen LogP contribution in [-0.2, 0) is 17.8 Å². The molecule has 2 aliphatic rings. The van der Waals surface area contributed by atoms with Crippen LogP contribution < -0.4 is 10.2 Å². The van der Waals surface area contributed by atoms with Crippen LogP contribution >= 0.6 is 0 Å². The molecular weight excluding hydrogens is 350 g/mol. The number of carbonyl (C=O) groups excluding carboxylic acids is 2. The molecule has 0 bridgehead atoms. The fourth-order valence-electron chi connectivity index (χ4n) is 4.12. The number of amides is 2. The third-order valence-corrected chi connectivity index (χ3v) is 5.67. The van der Waals surface area contributed by atoms with E-state index in [0.29, 0.717) is 18.5 Å². The van der Waals surface area contributed by atoms with Crippen molar-refractivity contribution in [2.75, 3.05) is 24.5 Å². The molecule has 0 radical (unpaired) electrons. The maximum absolute atomic E-state index is 12.5. The number of rotatable bonds is 5. The number of carbonyl (C=O) groups is 2. The van der Waals surface area contributed by atoms with Gasteiger partial charge in [-0.15, -0.1) is 0 Å². The van der Waals surface area contributed by atoms with Crippen molar-refractivity contribution in [3.63, 3.8) is 0 Å². The molecule has 0 aromatic heterocycles. The number of benzene rings is 2. The lowest BCUT2D eigenvalue weighted by molar-refractivity contribution is -0.127. The first-order valence-electron chi connectivity index (χ1n) is 10.1. The topological polar surface area (TPSA) is 52.7 Å². The molecule has 1 saturated heterocycles. The molecule has 2 amide bonds. The van der Waals surface area contributed by atoms with E-state index in [1.165, 1.54) is 11.1 Å². The molecule has 28 heavy (non-hydrogen) atoms. The van der Waals surface area contributed by atoms with Crippen LogP contribution in [0.25, 0.3) is 0 Å². The van der Waals surface area contributed by atoms with Crippen LogP contribution in [0.15, 0.2) is 48.5 Å². The van der Waals surface area contributed by atoms with Gasteiger partial charge >= 0.3 is 0 Å². The first-order valence-corrected chi connectivity index (χ1v) is 10.1. The van der Waals surface area contributed by atoms with Crippen molar-refractivity contribution < 1.29 is 9.59 Å². The molecule has 2 heterocycles. The van der Waals surface area contributed by atoms with Gasteiger partial charge < -0.3 is 15.1 Å². The molecule has 5 nitrogen and oxygen atoms in total. The summed E-state index contributed by atoms with van der Waals surface area (Å²) in [5.41, 5.74) is 4.60. The van der Waals surface area contributed by atoms with Gasteiger partial charge in [0, 0.05) is 49.9 Å². The van der Waals surface area contributed by atoms with Crippen LogP contribution in [0.2, 0.25) is 0 Å².